The number of fused-ring (bicyclic) bond motifs is 1. The molecule has 9 nitrogen and oxygen atoms in total. The molecule has 2 N–H and O–H groups in total. The third-order valence-corrected chi connectivity index (χ3v) is 13.0. The van der Waals surface area contributed by atoms with Crippen molar-refractivity contribution in [3.63, 3.8) is 0 Å². The summed E-state index contributed by atoms with van der Waals surface area (Å²) in [5.41, 5.74) is 1.30. The van der Waals surface area contributed by atoms with Crippen LogP contribution in [0.4, 0.5) is 13.2 Å². The molecule has 0 spiro atoms. The number of hydrogen-bond acceptors (Lipinski definition) is 6. The SMILES string of the molecule is CC(C)c1cc2c(c(C(C)C)c1CC(=O)N=S(N)(=O)c1nn(CCO[Si](C)(C)C(C)(C)C)cc1F)OC(F)(F)O2. The van der Waals surface area contributed by atoms with Gasteiger partial charge in [0.05, 0.1) is 25.8 Å². The predicted molar refractivity (Wildman–Crippen MR) is 148 cm³/mol. The Morgan fingerprint density at radius 2 is 1.85 bits per heavy atom. The molecule has 1 aliphatic heterocycles. The van der Waals surface area contributed by atoms with E-state index in [9.17, 15) is 22.2 Å². The molecule has 224 valence electrons. The molecule has 14 heteroatoms. The van der Waals surface area contributed by atoms with Crippen LogP contribution in [-0.4, -0.2) is 41.1 Å². The lowest BCUT2D eigenvalue weighted by molar-refractivity contribution is -0.287. The fourth-order valence-corrected chi connectivity index (χ4v) is 6.21. The molecule has 3 rings (SSSR count). The van der Waals surface area contributed by atoms with E-state index in [-0.39, 0.29) is 41.5 Å². The van der Waals surface area contributed by atoms with Gasteiger partial charge in [0.25, 0.3) is 5.91 Å². The van der Waals surface area contributed by atoms with Crippen LogP contribution in [-0.2, 0) is 32.1 Å². The zero-order valence-corrected chi connectivity index (χ0v) is 26.2. The maximum absolute atomic E-state index is 14.7. The summed E-state index contributed by atoms with van der Waals surface area (Å²) in [7, 11) is -6.09. The molecular weight excluding hydrogens is 565 g/mol. The first kappa shape index (κ1) is 32.1. The van der Waals surface area contributed by atoms with Gasteiger partial charge in [-0.1, -0.05) is 48.5 Å². The van der Waals surface area contributed by atoms with Gasteiger partial charge in [0, 0.05) is 5.56 Å². The second-order valence-electron chi connectivity index (χ2n) is 12.0. The number of nitrogens with zero attached hydrogens (tertiary/aromatic N) is 3. The molecule has 1 amide bonds. The Morgan fingerprint density at radius 3 is 2.40 bits per heavy atom. The number of amides is 1. The Kier molecular flexibility index (Phi) is 8.91. The highest BCUT2D eigenvalue weighted by Crippen LogP contribution is 2.49. The molecule has 0 fully saturated rings. The molecule has 1 aliphatic rings. The third-order valence-electron chi connectivity index (χ3n) is 7.20. The van der Waals surface area contributed by atoms with Crippen LogP contribution in [0, 0.1) is 5.82 Å². The van der Waals surface area contributed by atoms with Gasteiger partial charge in [-0.3, -0.25) is 9.48 Å². The molecule has 2 aromatic rings. The largest absolute Gasteiger partial charge is 0.586 e. The summed E-state index contributed by atoms with van der Waals surface area (Å²) in [6.45, 7) is 18.1. The first-order valence-electron chi connectivity index (χ1n) is 13.1. The van der Waals surface area contributed by atoms with Crippen LogP contribution >= 0.6 is 0 Å². The number of halogens is 3. The molecule has 1 atom stereocenters. The van der Waals surface area contributed by atoms with Gasteiger partial charge in [0.15, 0.2) is 35.5 Å². The van der Waals surface area contributed by atoms with E-state index in [0.717, 1.165) is 6.20 Å². The number of alkyl halides is 2. The van der Waals surface area contributed by atoms with E-state index in [4.69, 9.17) is 14.3 Å². The fraction of sp³-hybridized carbons (Fsp3) is 0.615. The molecule has 1 aromatic carbocycles. The minimum Gasteiger partial charge on any atom is -0.415 e. The molecule has 2 heterocycles. The summed E-state index contributed by atoms with van der Waals surface area (Å²) in [6, 6.07) is 1.41. The molecule has 0 saturated heterocycles. The lowest BCUT2D eigenvalue weighted by atomic mass is 9.86. The molecule has 1 unspecified atom stereocenters. The molecule has 0 saturated carbocycles. The summed E-state index contributed by atoms with van der Waals surface area (Å²) in [6.07, 6.45) is -3.23. The summed E-state index contributed by atoms with van der Waals surface area (Å²) in [5.74, 6) is -2.70. The monoisotopic (exact) mass is 604 g/mol. The van der Waals surface area contributed by atoms with Crippen molar-refractivity contribution in [1.82, 2.24) is 9.78 Å². The average Bonchev–Trinajstić information content (AvgIpc) is 3.29. The average molecular weight is 605 g/mol. The van der Waals surface area contributed by atoms with Crippen LogP contribution in [0.15, 0.2) is 21.7 Å². The molecule has 0 aliphatic carbocycles. The van der Waals surface area contributed by atoms with Crippen LogP contribution in [0.3, 0.4) is 0 Å². The van der Waals surface area contributed by atoms with Gasteiger partial charge in [0.1, 0.15) is 0 Å². The van der Waals surface area contributed by atoms with E-state index in [1.54, 1.807) is 13.8 Å². The predicted octanol–water partition coefficient (Wildman–Crippen LogP) is 6.08. The van der Waals surface area contributed by atoms with Gasteiger partial charge in [-0.25, -0.2) is 13.7 Å². The normalized spacial score (nSPS) is 16.5. The fourth-order valence-electron chi connectivity index (χ4n) is 4.17. The Labute approximate surface area is 235 Å². The Hall–Kier alpha value is -2.42. The van der Waals surface area contributed by atoms with Crippen molar-refractivity contribution in [1.29, 1.82) is 0 Å². The minimum absolute atomic E-state index is 0.0118. The maximum atomic E-state index is 14.7. The first-order valence-corrected chi connectivity index (χ1v) is 17.5. The van der Waals surface area contributed by atoms with Crippen LogP contribution in [0.1, 0.15) is 77.0 Å². The highest BCUT2D eigenvalue weighted by atomic mass is 32.2. The maximum Gasteiger partial charge on any atom is 0.586 e. The van der Waals surface area contributed by atoms with E-state index < -0.39 is 47.7 Å². The van der Waals surface area contributed by atoms with Gasteiger partial charge in [-0.15, -0.1) is 13.1 Å². The lowest BCUT2D eigenvalue weighted by Gasteiger charge is -2.36. The highest BCUT2D eigenvalue weighted by molar-refractivity contribution is 7.91. The van der Waals surface area contributed by atoms with Crippen molar-refractivity contribution in [3.05, 3.63) is 34.8 Å². The van der Waals surface area contributed by atoms with Crippen LogP contribution in [0.2, 0.25) is 18.1 Å². The quantitative estimate of drug-likeness (QED) is 0.347. The highest BCUT2D eigenvalue weighted by Gasteiger charge is 2.46. The molecule has 0 bridgehead atoms. The van der Waals surface area contributed by atoms with Gasteiger partial charge in [-0.2, -0.15) is 5.10 Å². The first-order chi connectivity index (χ1) is 18.1. The molecule has 40 heavy (non-hydrogen) atoms. The standard InChI is InChI=1S/C26H39F3N4O5SSi/c1-15(2)17-12-20-23(38-26(28,29)37-20)22(16(3)4)18(17)13-21(34)32-39(30,35)24-19(27)14-33(31-24)10-11-36-40(8,9)25(5,6)7/h12,14-16H,10-11,13H2,1-9H3,(H2,30,32,34,35). The second kappa shape index (κ2) is 11.1. The zero-order chi connectivity index (χ0) is 30.4. The van der Waals surface area contributed by atoms with Gasteiger partial charge in [0.2, 0.25) is 5.03 Å². The number of benzene rings is 1. The molecule has 0 radical (unpaired) electrons. The summed E-state index contributed by atoms with van der Waals surface area (Å²) in [4.78, 5) is 13.1. The molecular formula is C26H39F3N4O5SSi. The zero-order valence-electron chi connectivity index (χ0n) is 24.4. The number of nitrogens with two attached hydrogens (primary N) is 1. The van der Waals surface area contributed by atoms with Gasteiger partial charge < -0.3 is 13.9 Å². The van der Waals surface area contributed by atoms with Crippen molar-refractivity contribution >= 4 is 24.1 Å². The third kappa shape index (κ3) is 6.89. The topological polar surface area (TPSA) is 118 Å². The van der Waals surface area contributed by atoms with Crippen LogP contribution in [0.5, 0.6) is 11.5 Å². The number of hydrogen-bond donors (Lipinski definition) is 1. The van der Waals surface area contributed by atoms with Crippen molar-refractivity contribution < 1.29 is 36.1 Å². The smallest absolute Gasteiger partial charge is 0.415 e. The molecule has 1 aromatic heterocycles. The van der Waals surface area contributed by atoms with Crippen molar-refractivity contribution in [3.8, 4) is 11.5 Å². The van der Waals surface area contributed by atoms with Crippen molar-refractivity contribution in [2.24, 2.45) is 9.50 Å². The van der Waals surface area contributed by atoms with E-state index >= 15 is 0 Å². The number of ether oxygens (including phenoxy) is 2. The summed E-state index contributed by atoms with van der Waals surface area (Å²) < 4.78 is 76.1. The number of carbonyl (C=O) groups is 1. The second-order valence-corrected chi connectivity index (χ2v) is 18.6. The Morgan fingerprint density at radius 1 is 1.23 bits per heavy atom. The van der Waals surface area contributed by atoms with Gasteiger partial charge in [-0.05, 0) is 47.2 Å². The van der Waals surface area contributed by atoms with Crippen molar-refractivity contribution in [2.45, 2.75) is 103 Å². The number of rotatable bonds is 9. The Bertz CT molecular complexity index is 1410. The van der Waals surface area contributed by atoms with E-state index in [0.29, 0.717) is 16.7 Å². The van der Waals surface area contributed by atoms with Crippen LogP contribution < -0.4 is 14.6 Å². The minimum atomic E-state index is -4.05. The van der Waals surface area contributed by atoms with Crippen molar-refractivity contribution in [2.75, 3.05) is 6.61 Å². The van der Waals surface area contributed by atoms with Gasteiger partial charge >= 0.3 is 6.29 Å². The summed E-state index contributed by atoms with van der Waals surface area (Å²) in [5, 5.41) is 9.17. The van der Waals surface area contributed by atoms with E-state index in [1.807, 2.05) is 13.8 Å². The Balaban J connectivity index is 1.89. The lowest BCUT2D eigenvalue weighted by Crippen LogP contribution is -2.41. The van der Waals surface area contributed by atoms with E-state index in [2.05, 4.69) is 48.1 Å². The van der Waals surface area contributed by atoms with E-state index in [1.165, 1.54) is 10.7 Å². The van der Waals surface area contributed by atoms with Crippen LogP contribution in [0.25, 0.3) is 0 Å². The number of aromatic nitrogens is 2. The number of carbonyl (C=O) groups excluding carboxylic acids is 1. The summed E-state index contributed by atoms with van der Waals surface area (Å²) >= 11 is 0.